The van der Waals surface area contributed by atoms with E-state index in [1.165, 1.54) is 0 Å². The largest absolute Gasteiger partial charge is 0.395 e. The first-order valence-corrected chi connectivity index (χ1v) is 9.72. The number of quaternary nitrogens is 1. The molecular weight excluding hydrogens is 374 g/mol. The fourth-order valence-corrected chi connectivity index (χ4v) is 2.74. The number of rotatable bonds is 16. The molecule has 28 heavy (non-hydrogen) atoms. The van der Waals surface area contributed by atoms with E-state index in [1.807, 2.05) is 11.8 Å². The number of nitrogens with zero attached hydrogens (tertiary/aromatic N) is 3. The Morgan fingerprint density at radius 1 is 0.893 bits per heavy atom. The fourth-order valence-electron chi connectivity index (χ4n) is 2.74. The van der Waals surface area contributed by atoms with Crippen LogP contribution in [0.15, 0.2) is 0 Å². The predicted octanol–water partition coefficient (Wildman–Crippen LogP) is -2.16. The van der Waals surface area contributed by atoms with Crippen molar-refractivity contribution in [3.63, 3.8) is 0 Å². The smallest absolute Gasteiger partial charge is 0.328 e. The highest BCUT2D eigenvalue weighted by atomic mass is 16.6. The van der Waals surface area contributed by atoms with Crippen LogP contribution in [-0.4, -0.2) is 130 Å². The molecule has 0 aromatic heterocycles. The molecule has 0 aliphatic rings. The summed E-state index contributed by atoms with van der Waals surface area (Å²) in [6, 6.07) is 0. The van der Waals surface area contributed by atoms with Crippen LogP contribution < -0.4 is 0 Å². The van der Waals surface area contributed by atoms with Gasteiger partial charge in [0.15, 0.2) is 0 Å². The van der Waals surface area contributed by atoms with Crippen molar-refractivity contribution in [3.8, 4) is 0 Å². The summed E-state index contributed by atoms with van der Waals surface area (Å²) in [7, 11) is 0. The van der Waals surface area contributed by atoms with E-state index >= 15 is 0 Å². The molecule has 0 amide bonds. The summed E-state index contributed by atoms with van der Waals surface area (Å²) in [4.78, 5) is 11.9. The van der Waals surface area contributed by atoms with E-state index in [0.717, 1.165) is 0 Å². The van der Waals surface area contributed by atoms with E-state index in [0.29, 0.717) is 32.5 Å². The average Bonchev–Trinajstić information content (AvgIpc) is 2.62. The summed E-state index contributed by atoms with van der Waals surface area (Å²) < 4.78 is -0.0883. The van der Waals surface area contributed by atoms with Crippen LogP contribution in [0.25, 0.3) is 0 Å². The third-order valence-electron chi connectivity index (χ3n) is 4.41. The Morgan fingerprint density at radius 2 is 1.36 bits per heavy atom. The molecule has 2 atom stereocenters. The Kier molecular flexibility index (Phi) is 19.0. The molecular formula is C17H40N3O8+. The third kappa shape index (κ3) is 15.1. The summed E-state index contributed by atoms with van der Waals surface area (Å²) in [5.74, 6) is 0. The van der Waals surface area contributed by atoms with Crippen molar-refractivity contribution in [1.29, 1.82) is 0 Å². The number of hydrogen-bond donors (Lipinski definition) is 6. The Morgan fingerprint density at radius 3 is 1.68 bits per heavy atom. The summed E-state index contributed by atoms with van der Waals surface area (Å²) >= 11 is 0. The minimum Gasteiger partial charge on any atom is -0.395 e. The van der Waals surface area contributed by atoms with E-state index < -0.39 is 17.7 Å². The maximum absolute atomic E-state index is 10.6. The second kappa shape index (κ2) is 18.1. The van der Waals surface area contributed by atoms with Crippen molar-refractivity contribution in [2.24, 2.45) is 0 Å². The van der Waals surface area contributed by atoms with Crippen LogP contribution in [0.5, 0.6) is 0 Å². The topological polar surface area (TPSA) is 168 Å². The van der Waals surface area contributed by atoms with Crippen LogP contribution in [-0.2, 0) is 0 Å². The van der Waals surface area contributed by atoms with E-state index in [2.05, 4.69) is 0 Å². The third-order valence-corrected chi connectivity index (χ3v) is 4.41. The van der Waals surface area contributed by atoms with E-state index in [-0.39, 0.29) is 56.6 Å². The maximum atomic E-state index is 10.6. The SMILES string of the molecule is CCC(O)CN(CCO)CCO.CCC(O)C[N+](CCO)(CCO)C[N+](=O)[O-]. The van der Waals surface area contributed by atoms with Crippen LogP contribution in [0.4, 0.5) is 0 Å². The van der Waals surface area contributed by atoms with Gasteiger partial charge in [-0.25, -0.2) is 0 Å². The molecule has 170 valence electrons. The molecule has 0 saturated heterocycles. The molecule has 0 saturated carbocycles. The molecule has 0 fully saturated rings. The van der Waals surface area contributed by atoms with E-state index in [1.54, 1.807) is 6.92 Å². The molecule has 0 aromatic rings. The van der Waals surface area contributed by atoms with Crippen molar-refractivity contribution in [2.45, 2.75) is 38.9 Å². The summed E-state index contributed by atoms with van der Waals surface area (Å²) in [6.07, 6.45) is 0.184. The quantitative estimate of drug-likeness (QED) is 0.0713. The highest BCUT2D eigenvalue weighted by molar-refractivity contribution is 4.62. The first-order chi connectivity index (χ1) is 13.2. The number of aliphatic hydroxyl groups is 6. The molecule has 0 radical (unpaired) electrons. The van der Waals surface area contributed by atoms with Crippen molar-refractivity contribution in [3.05, 3.63) is 10.1 Å². The molecule has 2 unspecified atom stereocenters. The van der Waals surface area contributed by atoms with E-state index in [4.69, 9.17) is 20.4 Å². The van der Waals surface area contributed by atoms with Crippen LogP contribution in [0, 0.1) is 10.1 Å². The molecule has 0 aromatic carbocycles. The Hall–Kier alpha value is -0.920. The lowest BCUT2D eigenvalue weighted by Gasteiger charge is -2.34. The Bertz CT molecular complexity index is 364. The second-order valence-corrected chi connectivity index (χ2v) is 6.76. The summed E-state index contributed by atoms with van der Waals surface area (Å²) in [6.45, 7) is 5.08. The number of hydrogen-bond acceptors (Lipinski definition) is 9. The minimum atomic E-state index is -0.655. The summed E-state index contributed by atoms with van der Waals surface area (Å²) in [5, 5.41) is 64.6. The van der Waals surface area contributed by atoms with Gasteiger partial charge in [-0.15, -0.1) is 0 Å². The zero-order chi connectivity index (χ0) is 22.0. The molecule has 0 aliphatic carbocycles. The lowest BCUT2D eigenvalue weighted by molar-refractivity contribution is -0.993. The Balaban J connectivity index is 0. The van der Waals surface area contributed by atoms with Gasteiger partial charge in [0.05, 0.1) is 37.5 Å². The van der Waals surface area contributed by atoms with Crippen LogP contribution in [0.1, 0.15) is 26.7 Å². The summed E-state index contributed by atoms with van der Waals surface area (Å²) in [5.41, 5.74) is 0. The molecule has 0 spiro atoms. The van der Waals surface area contributed by atoms with Crippen molar-refractivity contribution in [2.75, 3.05) is 72.4 Å². The van der Waals surface area contributed by atoms with Gasteiger partial charge < -0.3 is 30.6 Å². The zero-order valence-electron chi connectivity index (χ0n) is 17.2. The van der Waals surface area contributed by atoms with Gasteiger partial charge in [0, 0.05) is 19.6 Å². The first kappa shape index (κ1) is 29.3. The van der Waals surface area contributed by atoms with Crippen molar-refractivity contribution < 1.29 is 40.0 Å². The zero-order valence-corrected chi connectivity index (χ0v) is 17.2. The van der Waals surface area contributed by atoms with Crippen molar-refractivity contribution in [1.82, 2.24) is 4.90 Å². The standard InChI is InChI=1S/C9H21N2O5.C8H19NO3/c1-2-9(14)7-11(3-5-12,4-6-13)8-10(15)16;1-2-8(12)7-9(3-5-10)4-6-11/h9,12-14H,2-8H2,1H3;8,10-12H,2-7H2,1H3/q+1;. The second-order valence-electron chi connectivity index (χ2n) is 6.76. The molecule has 0 heterocycles. The van der Waals surface area contributed by atoms with Crippen molar-refractivity contribution >= 4 is 0 Å². The number of aliphatic hydroxyl groups excluding tert-OH is 6. The fraction of sp³-hybridized carbons (Fsp3) is 1.00. The van der Waals surface area contributed by atoms with E-state index in [9.17, 15) is 20.3 Å². The highest BCUT2D eigenvalue weighted by Gasteiger charge is 2.33. The van der Waals surface area contributed by atoms with Crippen LogP contribution in [0.3, 0.4) is 0 Å². The normalized spacial score (nSPS) is 13.8. The maximum Gasteiger partial charge on any atom is 0.328 e. The van der Waals surface area contributed by atoms with Crippen LogP contribution in [0.2, 0.25) is 0 Å². The average molecular weight is 415 g/mol. The minimum absolute atomic E-state index is 0.0659. The van der Waals surface area contributed by atoms with Crippen LogP contribution >= 0.6 is 0 Å². The van der Waals surface area contributed by atoms with Gasteiger partial charge in [0.2, 0.25) is 0 Å². The highest BCUT2D eigenvalue weighted by Crippen LogP contribution is 2.10. The first-order valence-electron chi connectivity index (χ1n) is 9.72. The molecule has 11 nitrogen and oxygen atoms in total. The lowest BCUT2D eigenvalue weighted by atomic mass is 10.2. The molecule has 11 heteroatoms. The van der Waals surface area contributed by atoms with Gasteiger partial charge in [-0.1, -0.05) is 13.8 Å². The number of nitro groups is 1. The predicted molar refractivity (Wildman–Crippen MR) is 104 cm³/mol. The van der Waals surface area contributed by atoms with Gasteiger partial charge in [-0.2, -0.15) is 0 Å². The van der Waals surface area contributed by atoms with Gasteiger partial charge in [0.25, 0.3) is 0 Å². The van der Waals surface area contributed by atoms with Gasteiger partial charge in [0.1, 0.15) is 25.7 Å². The monoisotopic (exact) mass is 414 g/mol. The molecule has 0 bridgehead atoms. The molecule has 6 N–H and O–H groups in total. The van der Waals surface area contributed by atoms with Gasteiger partial charge in [-0.05, 0) is 12.8 Å². The molecule has 0 rings (SSSR count). The molecule has 0 aliphatic heterocycles. The van der Waals surface area contributed by atoms with Gasteiger partial charge >= 0.3 is 6.67 Å². The van der Waals surface area contributed by atoms with Gasteiger partial charge in [-0.3, -0.25) is 19.5 Å². The lowest BCUT2D eigenvalue weighted by Crippen LogP contribution is -2.57. The Labute approximate surface area is 167 Å².